The average molecular weight is 500 g/mol. The number of phenolic OH excluding ortho intramolecular Hbond substituents is 1. The van der Waals surface area contributed by atoms with Crippen molar-refractivity contribution in [3.63, 3.8) is 0 Å². The summed E-state index contributed by atoms with van der Waals surface area (Å²) in [5, 5.41) is 15.6. The van der Waals surface area contributed by atoms with Gasteiger partial charge in [0.25, 0.3) is 5.91 Å². The highest BCUT2D eigenvalue weighted by molar-refractivity contribution is 14.0. The minimum atomic E-state index is -0.659. The maximum atomic E-state index is 13.4. The molecule has 0 aliphatic rings. The van der Waals surface area contributed by atoms with Crippen molar-refractivity contribution < 1.29 is 14.3 Å². The number of rotatable bonds is 6. The van der Waals surface area contributed by atoms with Crippen LogP contribution in [0.25, 0.3) is 0 Å². The van der Waals surface area contributed by atoms with Crippen LogP contribution in [0.5, 0.6) is 5.75 Å². The fourth-order valence-corrected chi connectivity index (χ4v) is 2.37. The van der Waals surface area contributed by atoms with Gasteiger partial charge in [0.2, 0.25) is 0 Å². The van der Waals surface area contributed by atoms with Crippen LogP contribution in [0.2, 0.25) is 0 Å². The topological polar surface area (TPSA) is 77.0 Å². The summed E-state index contributed by atoms with van der Waals surface area (Å²) in [5.41, 5.74) is 2.30. The lowest BCUT2D eigenvalue weighted by Crippen LogP contribution is -2.36. The number of amides is 1. The predicted octanol–water partition coefficient (Wildman–Crippen LogP) is 3.11. The summed E-state index contributed by atoms with van der Waals surface area (Å²) in [5.74, 6) is -0.470. The zero-order valence-electron chi connectivity index (χ0n) is 16.2. The van der Waals surface area contributed by atoms with E-state index in [0.717, 1.165) is 5.56 Å². The van der Waals surface area contributed by atoms with Gasteiger partial charge in [-0.05, 0) is 42.3 Å². The molecule has 28 heavy (non-hydrogen) atoms. The van der Waals surface area contributed by atoms with Gasteiger partial charge in [-0.2, -0.15) is 0 Å². The van der Waals surface area contributed by atoms with E-state index < -0.39 is 5.82 Å². The first-order chi connectivity index (χ1) is 12.9. The molecule has 0 unspecified atom stereocenters. The van der Waals surface area contributed by atoms with Crippen molar-refractivity contribution in [1.29, 1.82) is 0 Å². The maximum Gasteiger partial charge on any atom is 0.253 e. The van der Waals surface area contributed by atoms with Crippen LogP contribution in [-0.4, -0.2) is 42.5 Å². The molecule has 0 aliphatic heterocycles. The second kappa shape index (κ2) is 11.5. The van der Waals surface area contributed by atoms with Gasteiger partial charge >= 0.3 is 0 Å². The van der Waals surface area contributed by atoms with Gasteiger partial charge in [0.05, 0.1) is 6.54 Å². The summed E-state index contributed by atoms with van der Waals surface area (Å²) in [6.45, 7) is 3.46. The molecule has 0 radical (unpaired) electrons. The third-order valence-corrected chi connectivity index (χ3v) is 3.84. The quantitative estimate of drug-likeness (QED) is 0.324. The van der Waals surface area contributed by atoms with Crippen molar-refractivity contribution in [3.05, 3.63) is 65.0 Å². The third kappa shape index (κ3) is 6.99. The Bertz CT molecular complexity index is 810. The first-order valence-corrected chi connectivity index (χ1v) is 8.71. The number of aromatic hydroxyl groups is 1. The summed E-state index contributed by atoms with van der Waals surface area (Å²) in [6.07, 6.45) is 0. The zero-order valence-corrected chi connectivity index (χ0v) is 18.5. The highest BCUT2D eigenvalue weighted by Crippen LogP contribution is 2.16. The number of hydrogen-bond acceptors (Lipinski definition) is 3. The van der Waals surface area contributed by atoms with Crippen molar-refractivity contribution in [2.24, 2.45) is 4.99 Å². The third-order valence-electron chi connectivity index (χ3n) is 3.84. The van der Waals surface area contributed by atoms with Crippen LogP contribution in [0.3, 0.4) is 0 Å². The number of phenols is 1. The normalized spacial score (nSPS) is 10.8. The molecule has 0 atom stereocenters. The van der Waals surface area contributed by atoms with Gasteiger partial charge in [-0.1, -0.05) is 18.2 Å². The minimum Gasteiger partial charge on any atom is -0.505 e. The van der Waals surface area contributed by atoms with E-state index in [-0.39, 0.29) is 42.2 Å². The van der Waals surface area contributed by atoms with Gasteiger partial charge < -0.3 is 20.6 Å². The van der Waals surface area contributed by atoms with Crippen LogP contribution in [-0.2, 0) is 13.1 Å². The Morgan fingerprint density at radius 2 is 1.75 bits per heavy atom. The molecule has 2 rings (SSSR count). The van der Waals surface area contributed by atoms with Crippen molar-refractivity contribution >= 4 is 35.8 Å². The van der Waals surface area contributed by atoms with Gasteiger partial charge in [-0.25, -0.2) is 9.38 Å². The molecule has 152 valence electrons. The van der Waals surface area contributed by atoms with Crippen LogP contribution < -0.4 is 10.6 Å². The largest absolute Gasteiger partial charge is 0.505 e. The number of guanidine groups is 1. The van der Waals surface area contributed by atoms with Gasteiger partial charge in [0, 0.05) is 32.7 Å². The molecule has 0 saturated carbocycles. The maximum absolute atomic E-state index is 13.4. The summed E-state index contributed by atoms with van der Waals surface area (Å²) in [7, 11) is 3.44. The highest BCUT2D eigenvalue weighted by Gasteiger charge is 2.07. The Balaban J connectivity index is 0.00000392. The Kier molecular flexibility index (Phi) is 9.70. The summed E-state index contributed by atoms with van der Waals surface area (Å²) in [6, 6.07) is 11.6. The summed E-state index contributed by atoms with van der Waals surface area (Å²) in [4.78, 5) is 17.9. The molecule has 0 bridgehead atoms. The minimum absolute atomic E-state index is 0. The lowest BCUT2D eigenvalue weighted by atomic mass is 10.1. The van der Waals surface area contributed by atoms with E-state index in [0.29, 0.717) is 30.2 Å². The second-order valence-electron chi connectivity index (χ2n) is 6.23. The smallest absolute Gasteiger partial charge is 0.253 e. The SMILES string of the molecule is CCNC(=NCc1ccc(O)c(F)c1)NCc1ccc(C(=O)N(C)C)cc1.I. The lowest BCUT2D eigenvalue weighted by Gasteiger charge is -2.13. The van der Waals surface area contributed by atoms with Crippen molar-refractivity contribution in [2.45, 2.75) is 20.0 Å². The van der Waals surface area contributed by atoms with E-state index in [4.69, 9.17) is 0 Å². The number of nitrogens with one attached hydrogen (secondary N) is 2. The van der Waals surface area contributed by atoms with Crippen molar-refractivity contribution in [3.8, 4) is 5.75 Å². The molecular weight excluding hydrogens is 474 g/mol. The molecule has 0 aliphatic carbocycles. The molecule has 8 heteroatoms. The molecule has 3 N–H and O–H groups in total. The number of benzene rings is 2. The number of aliphatic imine (C=N–C) groups is 1. The molecule has 6 nitrogen and oxygen atoms in total. The fraction of sp³-hybridized carbons (Fsp3) is 0.300. The standard InChI is InChI=1S/C20H25FN4O2.HI/c1-4-22-20(24-13-15-7-10-18(26)17(21)11-15)23-12-14-5-8-16(9-6-14)19(27)25(2)3;/h5-11,26H,4,12-13H2,1-3H3,(H2,22,23,24);1H. The molecule has 2 aromatic rings. The van der Waals surface area contributed by atoms with Crippen LogP contribution in [0.4, 0.5) is 4.39 Å². The van der Waals surface area contributed by atoms with Gasteiger partial charge in [-0.3, -0.25) is 4.79 Å². The zero-order chi connectivity index (χ0) is 19.8. The molecule has 0 fully saturated rings. The van der Waals surface area contributed by atoms with Crippen LogP contribution in [0.1, 0.15) is 28.4 Å². The van der Waals surface area contributed by atoms with Crippen LogP contribution in [0.15, 0.2) is 47.5 Å². The monoisotopic (exact) mass is 500 g/mol. The number of halogens is 2. The average Bonchev–Trinajstić information content (AvgIpc) is 2.66. The molecular formula is C20H26FIN4O2. The molecule has 2 aromatic carbocycles. The number of nitrogens with zero attached hydrogens (tertiary/aromatic N) is 2. The predicted molar refractivity (Wildman–Crippen MR) is 120 cm³/mol. The first kappa shape index (κ1) is 23.7. The molecule has 0 saturated heterocycles. The number of hydrogen-bond donors (Lipinski definition) is 3. The molecule has 1 amide bonds. The Morgan fingerprint density at radius 1 is 1.11 bits per heavy atom. The Labute approximate surface area is 181 Å². The van der Waals surface area contributed by atoms with Crippen LogP contribution in [0, 0.1) is 5.82 Å². The molecule has 0 heterocycles. The number of carbonyl (C=O) groups excluding carboxylic acids is 1. The van der Waals surface area contributed by atoms with E-state index in [2.05, 4.69) is 15.6 Å². The molecule has 0 aromatic heterocycles. The summed E-state index contributed by atoms with van der Waals surface area (Å²) >= 11 is 0. The van der Waals surface area contributed by atoms with Gasteiger partial charge in [0.15, 0.2) is 17.5 Å². The van der Waals surface area contributed by atoms with E-state index in [9.17, 15) is 14.3 Å². The van der Waals surface area contributed by atoms with Gasteiger partial charge in [0.1, 0.15) is 0 Å². The fourth-order valence-electron chi connectivity index (χ4n) is 2.37. The summed E-state index contributed by atoms with van der Waals surface area (Å²) < 4.78 is 13.4. The number of carbonyl (C=O) groups is 1. The second-order valence-corrected chi connectivity index (χ2v) is 6.23. The van der Waals surface area contributed by atoms with E-state index >= 15 is 0 Å². The van der Waals surface area contributed by atoms with Crippen molar-refractivity contribution in [1.82, 2.24) is 15.5 Å². The van der Waals surface area contributed by atoms with Gasteiger partial charge in [-0.15, -0.1) is 24.0 Å². The van der Waals surface area contributed by atoms with E-state index in [1.54, 1.807) is 32.3 Å². The van der Waals surface area contributed by atoms with Crippen LogP contribution >= 0.6 is 24.0 Å². The Morgan fingerprint density at radius 3 is 2.32 bits per heavy atom. The first-order valence-electron chi connectivity index (χ1n) is 8.71. The lowest BCUT2D eigenvalue weighted by molar-refractivity contribution is 0.0827. The molecule has 0 spiro atoms. The van der Waals surface area contributed by atoms with E-state index in [1.165, 1.54) is 17.0 Å². The van der Waals surface area contributed by atoms with E-state index in [1.807, 2.05) is 19.1 Å². The van der Waals surface area contributed by atoms with Crippen molar-refractivity contribution in [2.75, 3.05) is 20.6 Å². The Hall–Kier alpha value is -2.36. The highest BCUT2D eigenvalue weighted by atomic mass is 127.